The maximum Gasteiger partial charge on any atom is 0.215 e. The quantitative estimate of drug-likeness (QED) is 0.687. The van der Waals surface area contributed by atoms with Crippen molar-refractivity contribution in [2.45, 2.75) is 42.2 Å². The lowest BCUT2D eigenvalue weighted by Crippen LogP contribution is -1.97. The third-order valence-corrected chi connectivity index (χ3v) is 5.61. The summed E-state index contributed by atoms with van der Waals surface area (Å²) in [6, 6.07) is 7.51. The minimum atomic E-state index is -0.867. The fraction of sp³-hybridized carbons (Fsp3) is 0.333. The van der Waals surface area contributed by atoms with Gasteiger partial charge in [-0.05, 0) is 25.0 Å². The summed E-state index contributed by atoms with van der Waals surface area (Å²) >= 11 is 1.15. The molecule has 1 aromatic carbocycles. The Kier molecular flexibility index (Phi) is 4.33. The maximum atomic E-state index is 13.7. The molecule has 0 amide bonds. The van der Waals surface area contributed by atoms with E-state index in [1.165, 1.54) is 35.6 Å². The van der Waals surface area contributed by atoms with Crippen LogP contribution in [0.3, 0.4) is 0 Å². The number of aromatic hydroxyl groups is 1. The molecule has 1 saturated carbocycles. The van der Waals surface area contributed by atoms with Crippen molar-refractivity contribution < 1.29 is 13.9 Å². The van der Waals surface area contributed by atoms with Gasteiger partial charge in [0.2, 0.25) is 5.88 Å². The van der Waals surface area contributed by atoms with Gasteiger partial charge in [-0.2, -0.15) is 9.61 Å². The van der Waals surface area contributed by atoms with E-state index >= 15 is 0 Å². The fourth-order valence-corrected chi connectivity index (χ4v) is 4.12. The topological polar surface area (TPSA) is 50.4 Å². The van der Waals surface area contributed by atoms with Gasteiger partial charge in [0, 0.05) is 28.7 Å². The molecule has 4 nitrogen and oxygen atoms in total. The van der Waals surface area contributed by atoms with Crippen LogP contribution < -0.4 is 0 Å². The highest BCUT2D eigenvalue weighted by molar-refractivity contribution is 7.98. The molecule has 130 valence electrons. The number of rotatable bonds is 4. The molecule has 2 heterocycles. The highest BCUT2D eigenvalue weighted by Crippen LogP contribution is 2.34. The monoisotopic (exact) mass is 361 g/mol. The number of benzene rings is 1. The standard InChI is InChI=1S/C18H17F2N3OS/c19-13-6-3-7-15(18(13)20)25-10-12-8-17(24)23-16(21-12)9-14(22-23)11-4-1-2-5-11/h3,6-9,11,24H,1-2,4-5,10H2. The van der Waals surface area contributed by atoms with Crippen molar-refractivity contribution in [1.82, 2.24) is 14.6 Å². The molecule has 0 unspecified atom stereocenters. The van der Waals surface area contributed by atoms with Gasteiger partial charge in [0.25, 0.3) is 0 Å². The molecule has 1 aliphatic rings. The Labute approximate surface area is 147 Å². The van der Waals surface area contributed by atoms with Crippen LogP contribution in [-0.4, -0.2) is 19.7 Å². The van der Waals surface area contributed by atoms with Crippen LogP contribution in [0, 0.1) is 11.6 Å². The minimum Gasteiger partial charge on any atom is -0.493 e. The zero-order valence-electron chi connectivity index (χ0n) is 13.5. The van der Waals surface area contributed by atoms with E-state index in [0.29, 0.717) is 23.0 Å². The molecule has 1 N–H and O–H groups in total. The van der Waals surface area contributed by atoms with Gasteiger partial charge in [-0.15, -0.1) is 11.8 Å². The summed E-state index contributed by atoms with van der Waals surface area (Å²) in [7, 11) is 0. The van der Waals surface area contributed by atoms with Crippen molar-refractivity contribution in [3.63, 3.8) is 0 Å². The van der Waals surface area contributed by atoms with Gasteiger partial charge in [-0.3, -0.25) is 0 Å². The largest absolute Gasteiger partial charge is 0.493 e. The van der Waals surface area contributed by atoms with Crippen LogP contribution in [-0.2, 0) is 5.75 Å². The number of hydrogen-bond donors (Lipinski definition) is 1. The zero-order chi connectivity index (χ0) is 17.4. The molecule has 3 aromatic rings. The summed E-state index contributed by atoms with van der Waals surface area (Å²) in [5, 5.41) is 14.7. The molecule has 0 atom stereocenters. The Morgan fingerprint density at radius 3 is 2.80 bits per heavy atom. The van der Waals surface area contributed by atoms with E-state index < -0.39 is 11.6 Å². The summed E-state index contributed by atoms with van der Waals surface area (Å²) < 4.78 is 28.4. The molecule has 0 aliphatic heterocycles. The van der Waals surface area contributed by atoms with Crippen molar-refractivity contribution >= 4 is 17.4 Å². The van der Waals surface area contributed by atoms with Crippen LogP contribution in [0.4, 0.5) is 8.78 Å². The van der Waals surface area contributed by atoms with Crippen LogP contribution in [0.2, 0.25) is 0 Å². The molecule has 0 bridgehead atoms. The van der Waals surface area contributed by atoms with Crippen LogP contribution in [0.15, 0.2) is 35.2 Å². The van der Waals surface area contributed by atoms with E-state index in [0.717, 1.165) is 36.4 Å². The van der Waals surface area contributed by atoms with Gasteiger partial charge in [0.1, 0.15) is 0 Å². The van der Waals surface area contributed by atoms with Crippen LogP contribution in [0.1, 0.15) is 43.0 Å². The third kappa shape index (κ3) is 3.20. The number of thioether (sulfide) groups is 1. The van der Waals surface area contributed by atoms with Crippen molar-refractivity contribution in [3.05, 3.63) is 53.4 Å². The first-order chi connectivity index (χ1) is 12.1. The molecule has 0 radical (unpaired) electrons. The number of nitrogens with zero attached hydrogens (tertiary/aromatic N) is 3. The molecule has 7 heteroatoms. The number of halogens is 2. The predicted molar refractivity (Wildman–Crippen MR) is 91.8 cm³/mol. The molecular formula is C18H17F2N3OS. The normalized spacial score (nSPS) is 15.3. The summed E-state index contributed by atoms with van der Waals surface area (Å²) in [4.78, 5) is 4.72. The van der Waals surface area contributed by atoms with Crippen LogP contribution >= 0.6 is 11.8 Å². The minimum absolute atomic E-state index is 0.00422. The Balaban J connectivity index is 1.58. The Hall–Kier alpha value is -2.15. The summed E-state index contributed by atoms with van der Waals surface area (Å²) in [5.74, 6) is -0.960. The lowest BCUT2D eigenvalue weighted by Gasteiger charge is -2.05. The van der Waals surface area contributed by atoms with E-state index in [4.69, 9.17) is 0 Å². The molecule has 25 heavy (non-hydrogen) atoms. The third-order valence-electron chi connectivity index (χ3n) is 4.55. The van der Waals surface area contributed by atoms with Gasteiger partial charge < -0.3 is 5.11 Å². The van der Waals surface area contributed by atoms with E-state index in [9.17, 15) is 13.9 Å². The Morgan fingerprint density at radius 2 is 2.00 bits per heavy atom. The molecule has 1 aliphatic carbocycles. The van der Waals surface area contributed by atoms with E-state index in [2.05, 4.69) is 10.1 Å². The smallest absolute Gasteiger partial charge is 0.215 e. The molecular weight excluding hydrogens is 344 g/mol. The molecule has 2 aromatic heterocycles. The number of aromatic nitrogens is 3. The number of hydrogen-bond acceptors (Lipinski definition) is 4. The SMILES string of the molecule is Oc1cc(CSc2cccc(F)c2F)nc2cc(C3CCCC3)nn12. The highest BCUT2D eigenvalue weighted by Gasteiger charge is 2.21. The van der Waals surface area contributed by atoms with Gasteiger partial charge in [-0.25, -0.2) is 13.8 Å². The lowest BCUT2D eigenvalue weighted by atomic mass is 10.1. The van der Waals surface area contributed by atoms with E-state index in [-0.39, 0.29) is 10.8 Å². The maximum absolute atomic E-state index is 13.7. The zero-order valence-corrected chi connectivity index (χ0v) is 14.3. The molecule has 0 saturated heterocycles. The van der Waals surface area contributed by atoms with E-state index in [1.807, 2.05) is 6.07 Å². The fourth-order valence-electron chi connectivity index (χ4n) is 3.27. The van der Waals surface area contributed by atoms with Crippen molar-refractivity contribution in [3.8, 4) is 5.88 Å². The van der Waals surface area contributed by atoms with E-state index in [1.54, 1.807) is 0 Å². The second kappa shape index (κ2) is 6.63. The average molecular weight is 361 g/mol. The van der Waals surface area contributed by atoms with Crippen molar-refractivity contribution in [2.75, 3.05) is 0 Å². The molecule has 0 spiro atoms. The second-order valence-corrected chi connectivity index (χ2v) is 7.28. The first-order valence-electron chi connectivity index (χ1n) is 8.27. The molecule has 4 rings (SSSR count). The van der Waals surface area contributed by atoms with Gasteiger partial charge in [-0.1, -0.05) is 18.9 Å². The molecule has 1 fully saturated rings. The summed E-state index contributed by atoms with van der Waals surface area (Å²) in [5.41, 5.74) is 2.13. The van der Waals surface area contributed by atoms with Crippen molar-refractivity contribution in [1.29, 1.82) is 0 Å². The van der Waals surface area contributed by atoms with Crippen molar-refractivity contribution in [2.24, 2.45) is 0 Å². The van der Waals surface area contributed by atoms with Gasteiger partial charge >= 0.3 is 0 Å². The highest BCUT2D eigenvalue weighted by atomic mass is 32.2. The second-order valence-electron chi connectivity index (χ2n) is 6.27. The number of fused-ring (bicyclic) bond motifs is 1. The lowest BCUT2D eigenvalue weighted by molar-refractivity contribution is 0.433. The van der Waals surface area contributed by atoms with Crippen LogP contribution in [0.5, 0.6) is 5.88 Å². The Bertz CT molecular complexity index is 922. The summed E-state index contributed by atoms with van der Waals surface area (Å²) in [6.07, 6.45) is 4.65. The van der Waals surface area contributed by atoms with Gasteiger partial charge in [0.05, 0.1) is 11.4 Å². The van der Waals surface area contributed by atoms with Gasteiger partial charge in [0.15, 0.2) is 17.3 Å². The van der Waals surface area contributed by atoms with Crippen LogP contribution in [0.25, 0.3) is 5.65 Å². The first kappa shape index (κ1) is 16.3. The Morgan fingerprint density at radius 1 is 1.20 bits per heavy atom. The predicted octanol–water partition coefficient (Wildman–Crippen LogP) is 4.66. The average Bonchev–Trinajstić information content (AvgIpc) is 3.25. The summed E-state index contributed by atoms with van der Waals surface area (Å²) in [6.45, 7) is 0. The first-order valence-corrected chi connectivity index (χ1v) is 9.26.